The summed E-state index contributed by atoms with van der Waals surface area (Å²) in [6, 6.07) is 9.71. The Morgan fingerprint density at radius 3 is 2.48 bits per heavy atom. The largest absolute Gasteiger partial charge is 0.388 e. The predicted octanol–water partition coefficient (Wildman–Crippen LogP) is 4.08. The number of aliphatic hydroxyl groups is 1. The van der Waals surface area contributed by atoms with Crippen molar-refractivity contribution in [3.05, 3.63) is 52.0 Å². The van der Waals surface area contributed by atoms with Crippen LogP contribution in [0.4, 0.5) is 0 Å². The van der Waals surface area contributed by atoms with Crippen molar-refractivity contribution >= 4 is 11.3 Å². The van der Waals surface area contributed by atoms with Gasteiger partial charge in [0.05, 0.1) is 11.8 Å². The van der Waals surface area contributed by atoms with Crippen LogP contribution >= 0.6 is 11.3 Å². The zero-order valence-electron chi connectivity index (χ0n) is 12.9. The molecular weight excluding hydrogens is 282 g/mol. The molecule has 0 bridgehead atoms. The first-order valence-corrected chi connectivity index (χ1v) is 8.26. The summed E-state index contributed by atoms with van der Waals surface area (Å²) in [6.45, 7) is 4.24. The van der Waals surface area contributed by atoms with E-state index in [1.165, 1.54) is 0 Å². The average Bonchev–Trinajstić information content (AvgIpc) is 2.99. The second kappa shape index (κ2) is 7.16. The highest BCUT2D eigenvalue weighted by molar-refractivity contribution is 7.09. The van der Waals surface area contributed by atoms with Gasteiger partial charge in [-0.2, -0.15) is 0 Å². The van der Waals surface area contributed by atoms with Crippen LogP contribution in [0, 0.1) is 0 Å². The molecule has 2 aromatic rings. The quantitative estimate of drug-likeness (QED) is 0.838. The summed E-state index contributed by atoms with van der Waals surface area (Å²) < 4.78 is 5.71. The third-order valence-corrected chi connectivity index (χ3v) is 5.14. The van der Waals surface area contributed by atoms with Crippen LogP contribution in [0.2, 0.25) is 0 Å². The van der Waals surface area contributed by atoms with E-state index in [2.05, 4.69) is 13.8 Å². The number of thiazole rings is 1. The van der Waals surface area contributed by atoms with Gasteiger partial charge in [0, 0.05) is 18.9 Å². The Morgan fingerprint density at radius 1 is 1.24 bits per heavy atom. The molecule has 3 nitrogen and oxygen atoms in total. The molecule has 0 aliphatic carbocycles. The van der Waals surface area contributed by atoms with Crippen molar-refractivity contribution in [2.24, 2.45) is 0 Å². The standard InChI is InChI=1S/C17H23NO2S/c1-4-17(5-2,20-3)16-18-14(12-21-16)11-15(19)13-9-7-6-8-10-13/h6-10,12,15,19H,4-5,11H2,1-3H3. The molecule has 0 spiro atoms. The normalized spacial score (nSPS) is 13.3. The summed E-state index contributed by atoms with van der Waals surface area (Å²) in [6.07, 6.45) is 1.82. The van der Waals surface area contributed by atoms with E-state index in [0.717, 1.165) is 29.1 Å². The van der Waals surface area contributed by atoms with Gasteiger partial charge in [0.25, 0.3) is 0 Å². The highest BCUT2D eigenvalue weighted by Gasteiger charge is 2.31. The number of benzene rings is 1. The molecule has 0 saturated carbocycles. The van der Waals surface area contributed by atoms with E-state index >= 15 is 0 Å². The summed E-state index contributed by atoms with van der Waals surface area (Å²) in [4.78, 5) is 4.69. The molecule has 21 heavy (non-hydrogen) atoms. The minimum absolute atomic E-state index is 0.291. The molecular formula is C17H23NO2S. The third kappa shape index (κ3) is 3.51. The van der Waals surface area contributed by atoms with Crippen LogP contribution in [0.3, 0.4) is 0 Å². The van der Waals surface area contributed by atoms with Gasteiger partial charge < -0.3 is 9.84 Å². The van der Waals surface area contributed by atoms with E-state index in [1.807, 2.05) is 35.7 Å². The summed E-state index contributed by atoms with van der Waals surface area (Å²) in [5, 5.41) is 13.3. The molecule has 1 atom stereocenters. The van der Waals surface area contributed by atoms with Crippen LogP contribution < -0.4 is 0 Å². The Kier molecular flexibility index (Phi) is 5.51. The minimum atomic E-state index is -0.513. The predicted molar refractivity (Wildman–Crippen MR) is 86.5 cm³/mol. The van der Waals surface area contributed by atoms with Crippen LogP contribution in [-0.2, 0) is 16.8 Å². The van der Waals surface area contributed by atoms with Crippen LogP contribution in [-0.4, -0.2) is 17.2 Å². The van der Waals surface area contributed by atoms with Gasteiger partial charge in [-0.3, -0.25) is 0 Å². The van der Waals surface area contributed by atoms with Crippen LogP contribution in [0.1, 0.15) is 49.1 Å². The van der Waals surface area contributed by atoms with Crippen molar-refractivity contribution in [2.75, 3.05) is 7.11 Å². The van der Waals surface area contributed by atoms with Crippen LogP contribution in [0.25, 0.3) is 0 Å². The van der Waals surface area contributed by atoms with Crippen molar-refractivity contribution < 1.29 is 9.84 Å². The summed E-state index contributed by atoms with van der Waals surface area (Å²) in [5.41, 5.74) is 1.56. The van der Waals surface area contributed by atoms with E-state index in [1.54, 1.807) is 18.4 Å². The van der Waals surface area contributed by atoms with Gasteiger partial charge in [0.1, 0.15) is 10.6 Å². The topological polar surface area (TPSA) is 42.4 Å². The third-order valence-electron chi connectivity index (χ3n) is 4.06. The number of hydrogen-bond acceptors (Lipinski definition) is 4. The van der Waals surface area contributed by atoms with E-state index in [0.29, 0.717) is 6.42 Å². The monoisotopic (exact) mass is 305 g/mol. The SMILES string of the molecule is CCC(CC)(OC)c1nc(CC(O)c2ccccc2)cs1. The van der Waals surface area contributed by atoms with Crippen LogP contribution in [0.15, 0.2) is 35.7 Å². The van der Waals surface area contributed by atoms with E-state index < -0.39 is 6.10 Å². The minimum Gasteiger partial charge on any atom is -0.388 e. The zero-order valence-corrected chi connectivity index (χ0v) is 13.7. The first kappa shape index (κ1) is 16.1. The first-order valence-electron chi connectivity index (χ1n) is 7.38. The van der Waals surface area contributed by atoms with Gasteiger partial charge in [0.2, 0.25) is 0 Å². The molecule has 2 rings (SSSR count). The number of ether oxygens (including phenoxy) is 1. The molecule has 0 aliphatic rings. The lowest BCUT2D eigenvalue weighted by molar-refractivity contribution is -0.0220. The van der Waals surface area contributed by atoms with Crippen molar-refractivity contribution in [2.45, 2.75) is 44.8 Å². The lowest BCUT2D eigenvalue weighted by Crippen LogP contribution is -2.26. The molecule has 1 aromatic heterocycles. The van der Waals surface area contributed by atoms with Gasteiger partial charge in [0.15, 0.2) is 0 Å². The maximum atomic E-state index is 10.3. The molecule has 0 radical (unpaired) electrons. The number of nitrogens with zero attached hydrogens (tertiary/aromatic N) is 1. The van der Waals surface area contributed by atoms with E-state index in [-0.39, 0.29) is 5.60 Å². The molecule has 1 aromatic carbocycles. The molecule has 1 heterocycles. The average molecular weight is 305 g/mol. The first-order chi connectivity index (χ1) is 10.1. The van der Waals surface area contributed by atoms with Gasteiger partial charge >= 0.3 is 0 Å². The molecule has 1 unspecified atom stereocenters. The van der Waals surface area contributed by atoms with Crippen molar-refractivity contribution in [1.82, 2.24) is 4.98 Å². The summed E-state index contributed by atoms with van der Waals surface area (Å²) in [7, 11) is 1.74. The fourth-order valence-corrected chi connectivity index (χ4v) is 3.68. The molecule has 114 valence electrons. The molecule has 0 aliphatic heterocycles. The maximum Gasteiger partial charge on any atom is 0.125 e. The Balaban J connectivity index is 2.13. The number of methoxy groups -OCH3 is 1. The second-order valence-corrected chi connectivity index (χ2v) is 6.04. The summed E-state index contributed by atoms with van der Waals surface area (Å²) >= 11 is 1.62. The fourth-order valence-electron chi connectivity index (χ4n) is 2.53. The van der Waals surface area contributed by atoms with Gasteiger partial charge in [-0.1, -0.05) is 44.2 Å². The Hall–Kier alpha value is -1.23. The summed E-state index contributed by atoms with van der Waals surface area (Å²) in [5.74, 6) is 0. The molecule has 0 amide bonds. The highest BCUT2D eigenvalue weighted by atomic mass is 32.1. The van der Waals surface area contributed by atoms with Crippen molar-refractivity contribution in [3.8, 4) is 0 Å². The Labute approximate surface area is 130 Å². The maximum absolute atomic E-state index is 10.3. The molecule has 4 heteroatoms. The van der Waals surface area contributed by atoms with Crippen molar-refractivity contribution in [1.29, 1.82) is 0 Å². The second-order valence-electron chi connectivity index (χ2n) is 5.18. The van der Waals surface area contributed by atoms with Gasteiger partial charge in [-0.15, -0.1) is 11.3 Å². The number of aromatic nitrogens is 1. The van der Waals surface area contributed by atoms with Gasteiger partial charge in [-0.05, 0) is 18.4 Å². The highest BCUT2D eigenvalue weighted by Crippen LogP contribution is 2.35. The number of hydrogen-bond donors (Lipinski definition) is 1. The smallest absolute Gasteiger partial charge is 0.125 e. The van der Waals surface area contributed by atoms with Crippen molar-refractivity contribution in [3.63, 3.8) is 0 Å². The Morgan fingerprint density at radius 2 is 1.90 bits per heavy atom. The molecule has 0 fully saturated rings. The number of aliphatic hydroxyl groups excluding tert-OH is 1. The fraction of sp³-hybridized carbons (Fsp3) is 0.471. The lowest BCUT2D eigenvalue weighted by Gasteiger charge is -2.27. The van der Waals surface area contributed by atoms with Crippen LogP contribution in [0.5, 0.6) is 0 Å². The zero-order chi connectivity index (χ0) is 15.3. The molecule has 0 saturated heterocycles. The molecule has 1 N–H and O–H groups in total. The lowest BCUT2D eigenvalue weighted by atomic mass is 9.98. The van der Waals surface area contributed by atoms with E-state index in [9.17, 15) is 5.11 Å². The number of rotatable bonds is 7. The Bertz CT molecular complexity index is 541. The van der Waals surface area contributed by atoms with E-state index in [4.69, 9.17) is 9.72 Å². The van der Waals surface area contributed by atoms with Gasteiger partial charge in [-0.25, -0.2) is 4.98 Å².